The Morgan fingerprint density at radius 2 is 2.09 bits per heavy atom. The molecule has 2 N–H and O–H groups in total. The van der Waals surface area contributed by atoms with Crippen LogP contribution in [0.1, 0.15) is 22.3 Å². The molecule has 1 aromatic carbocycles. The first-order valence-electron chi connectivity index (χ1n) is 7.29. The van der Waals surface area contributed by atoms with Gasteiger partial charge >= 0.3 is 0 Å². The van der Waals surface area contributed by atoms with Crippen molar-refractivity contribution in [2.45, 2.75) is 12.8 Å². The zero-order valence-corrected chi connectivity index (χ0v) is 14.7. The highest BCUT2D eigenvalue weighted by Gasteiger charge is 2.19. The highest BCUT2D eigenvalue weighted by atomic mass is 79.9. The molecule has 120 valence electrons. The number of carbonyl (C=O) groups is 2. The fourth-order valence-electron chi connectivity index (χ4n) is 2.62. The second kappa shape index (κ2) is 7.14. The third-order valence-electron chi connectivity index (χ3n) is 3.69. The van der Waals surface area contributed by atoms with Crippen molar-refractivity contribution in [1.82, 2.24) is 10.9 Å². The smallest absolute Gasteiger partial charge is 0.270 e. The summed E-state index contributed by atoms with van der Waals surface area (Å²) in [4.78, 5) is 26.0. The van der Waals surface area contributed by atoms with Gasteiger partial charge in [-0.3, -0.25) is 20.4 Å². The fraction of sp³-hybridized carbons (Fsp3) is 0.250. The summed E-state index contributed by atoms with van der Waals surface area (Å²) in [7, 11) is 0. The van der Waals surface area contributed by atoms with E-state index in [1.165, 1.54) is 16.9 Å². The average molecular weight is 394 g/mol. The Bertz CT molecular complexity index is 732. The number of para-hydroxylation sites is 1. The van der Waals surface area contributed by atoms with Crippen LogP contribution in [0.15, 0.2) is 39.5 Å². The third kappa shape index (κ3) is 3.92. The molecule has 0 fully saturated rings. The molecule has 0 atom stereocenters. The Hall–Kier alpha value is -1.86. The van der Waals surface area contributed by atoms with Crippen LogP contribution in [-0.4, -0.2) is 24.9 Å². The van der Waals surface area contributed by atoms with E-state index >= 15 is 0 Å². The van der Waals surface area contributed by atoms with Gasteiger partial charge in [0, 0.05) is 17.6 Å². The summed E-state index contributed by atoms with van der Waals surface area (Å²) in [6.07, 6.45) is 2.07. The number of hydrazine groups is 1. The molecule has 0 saturated carbocycles. The van der Waals surface area contributed by atoms with Crippen LogP contribution in [0.4, 0.5) is 5.69 Å². The number of nitrogens with zero attached hydrogens (tertiary/aromatic N) is 1. The number of fused-ring (bicyclic) bond motifs is 1. The first-order valence-corrected chi connectivity index (χ1v) is 8.97. The first kappa shape index (κ1) is 16.0. The van der Waals surface area contributed by atoms with Crippen LogP contribution in [0.25, 0.3) is 0 Å². The molecule has 1 aliphatic rings. The minimum Gasteiger partial charge on any atom is -0.362 e. The molecule has 0 aliphatic carbocycles. The van der Waals surface area contributed by atoms with Gasteiger partial charge < -0.3 is 4.90 Å². The minimum absolute atomic E-state index is 0.227. The number of thiophene rings is 1. The van der Waals surface area contributed by atoms with Gasteiger partial charge in [0.1, 0.15) is 0 Å². The summed E-state index contributed by atoms with van der Waals surface area (Å²) < 4.78 is 0.874. The van der Waals surface area contributed by atoms with Crippen molar-refractivity contribution < 1.29 is 9.59 Å². The second-order valence-corrected chi connectivity index (χ2v) is 7.59. The van der Waals surface area contributed by atoms with Gasteiger partial charge in [-0.2, -0.15) is 0 Å². The van der Waals surface area contributed by atoms with Gasteiger partial charge in [0.25, 0.3) is 11.8 Å². The molecule has 0 spiro atoms. The van der Waals surface area contributed by atoms with E-state index in [9.17, 15) is 9.59 Å². The van der Waals surface area contributed by atoms with Crippen molar-refractivity contribution in [3.05, 3.63) is 50.6 Å². The first-order chi connectivity index (χ1) is 11.1. The molecule has 3 rings (SSSR count). The Morgan fingerprint density at radius 3 is 2.87 bits per heavy atom. The number of amides is 2. The molecule has 5 nitrogen and oxygen atoms in total. The number of nitrogens with one attached hydrogen (secondary N) is 2. The summed E-state index contributed by atoms with van der Waals surface area (Å²) in [5.74, 6) is -0.552. The van der Waals surface area contributed by atoms with Gasteiger partial charge in [-0.1, -0.05) is 18.2 Å². The van der Waals surface area contributed by atoms with Crippen molar-refractivity contribution in [3.8, 4) is 0 Å². The Kier molecular flexibility index (Phi) is 4.97. The molecule has 2 aromatic rings. The normalized spacial score (nSPS) is 13.3. The summed E-state index contributed by atoms with van der Waals surface area (Å²) in [5.41, 5.74) is 7.80. The summed E-state index contributed by atoms with van der Waals surface area (Å²) >= 11 is 4.73. The van der Waals surface area contributed by atoms with Gasteiger partial charge in [0.15, 0.2) is 0 Å². The molecule has 0 unspecified atom stereocenters. The quantitative estimate of drug-likeness (QED) is 0.788. The molecule has 1 aromatic heterocycles. The van der Waals surface area contributed by atoms with Gasteiger partial charge in [0.2, 0.25) is 0 Å². The molecule has 0 bridgehead atoms. The van der Waals surface area contributed by atoms with Crippen LogP contribution >= 0.6 is 27.3 Å². The molecule has 1 aliphatic heterocycles. The third-order valence-corrected chi connectivity index (χ3v) is 5.19. The molecule has 0 radical (unpaired) electrons. The highest BCUT2D eigenvalue weighted by molar-refractivity contribution is 9.11. The number of rotatable bonds is 3. The van der Waals surface area contributed by atoms with Crippen molar-refractivity contribution in [2.24, 2.45) is 0 Å². The van der Waals surface area contributed by atoms with Gasteiger partial charge in [-0.25, -0.2) is 0 Å². The predicted octanol–water partition coefficient (Wildman–Crippen LogP) is 2.72. The summed E-state index contributed by atoms with van der Waals surface area (Å²) in [6, 6.07) is 9.83. The largest absolute Gasteiger partial charge is 0.362 e. The van der Waals surface area contributed by atoms with E-state index < -0.39 is 0 Å². The number of carbonyl (C=O) groups excluding carboxylic acids is 2. The monoisotopic (exact) mass is 393 g/mol. The van der Waals surface area contributed by atoms with Gasteiger partial charge in [-0.05, 0) is 46.5 Å². The van der Waals surface area contributed by atoms with Crippen molar-refractivity contribution >= 4 is 44.8 Å². The van der Waals surface area contributed by atoms with E-state index in [2.05, 4.69) is 32.8 Å². The predicted molar refractivity (Wildman–Crippen MR) is 94.6 cm³/mol. The minimum atomic E-state index is -0.320. The lowest BCUT2D eigenvalue weighted by atomic mass is 10.0. The average Bonchev–Trinajstić information content (AvgIpc) is 2.99. The van der Waals surface area contributed by atoms with Crippen molar-refractivity contribution in [1.29, 1.82) is 0 Å². The number of benzene rings is 1. The number of halogens is 1. The van der Waals surface area contributed by atoms with Crippen LogP contribution in [-0.2, 0) is 11.2 Å². The van der Waals surface area contributed by atoms with E-state index in [0.717, 1.165) is 28.9 Å². The molecular formula is C16H16BrN3O2S. The van der Waals surface area contributed by atoms with Crippen molar-refractivity contribution in [2.75, 3.05) is 18.0 Å². The fourth-order valence-corrected chi connectivity index (χ4v) is 3.75. The Morgan fingerprint density at radius 1 is 1.26 bits per heavy atom. The second-order valence-electron chi connectivity index (χ2n) is 5.30. The zero-order valence-electron chi connectivity index (χ0n) is 12.3. The maximum Gasteiger partial charge on any atom is 0.270 e. The van der Waals surface area contributed by atoms with Crippen molar-refractivity contribution in [3.63, 3.8) is 0 Å². The number of hydrogen-bond acceptors (Lipinski definition) is 4. The van der Waals surface area contributed by atoms with Crippen LogP contribution in [0.2, 0.25) is 0 Å². The SMILES string of the molecule is O=C(CN1CCCc2ccccc21)NNC(=O)c1csc(Br)c1. The van der Waals surface area contributed by atoms with E-state index in [0.29, 0.717) is 5.56 Å². The van der Waals surface area contributed by atoms with E-state index in [1.807, 2.05) is 23.1 Å². The molecular weight excluding hydrogens is 378 g/mol. The van der Waals surface area contributed by atoms with E-state index in [4.69, 9.17) is 0 Å². The lowest BCUT2D eigenvalue weighted by molar-refractivity contribution is -0.120. The van der Waals surface area contributed by atoms with Crippen LogP contribution in [0.5, 0.6) is 0 Å². The lowest BCUT2D eigenvalue weighted by Crippen LogP contribution is -2.47. The van der Waals surface area contributed by atoms with Gasteiger partial charge in [0.05, 0.1) is 15.9 Å². The summed E-state index contributed by atoms with van der Waals surface area (Å²) in [5, 5.41) is 1.73. The van der Waals surface area contributed by atoms with Crippen LogP contribution < -0.4 is 15.8 Å². The molecule has 2 amide bonds. The highest BCUT2D eigenvalue weighted by Crippen LogP contribution is 2.26. The molecule has 2 heterocycles. The number of anilines is 1. The van der Waals surface area contributed by atoms with E-state index in [-0.39, 0.29) is 18.4 Å². The van der Waals surface area contributed by atoms with Crippen LogP contribution in [0, 0.1) is 0 Å². The summed E-state index contributed by atoms with van der Waals surface area (Å²) in [6.45, 7) is 1.07. The lowest BCUT2D eigenvalue weighted by Gasteiger charge is -2.30. The maximum atomic E-state index is 12.1. The maximum absolute atomic E-state index is 12.1. The Labute approximate surface area is 146 Å². The number of hydrogen-bond donors (Lipinski definition) is 2. The Balaban J connectivity index is 1.55. The number of aryl methyl sites for hydroxylation is 1. The molecule has 0 saturated heterocycles. The van der Waals surface area contributed by atoms with E-state index in [1.54, 1.807) is 11.4 Å². The standard InChI is InChI=1S/C16H16BrN3O2S/c17-14-8-12(10-23-14)16(22)19-18-15(21)9-20-7-3-5-11-4-1-2-6-13(11)20/h1-2,4,6,8,10H,3,5,7,9H2,(H,18,21)(H,19,22). The van der Waals surface area contributed by atoms with Crippen LogP contribution in [0.3, 0.4) is 0 Å². The van der Waals surface area contributed by atoms with Gasteiger partial charge in [-0.15, -0.1) is 11.3 Å². The topological polar surface area (TPSA) is 61.4 Å². The molecule has 23 heavy (non-hydrogen) atoms. The zero-order chi connectivity index (χ0) is 16.2. The molecule has 7 heteroatoms.